The molecule has 0 aliphatic carbocycles. The largest absolute Gasteiger partial charge is 0.352 e. The molecule has 0 bridgehead atoms. The molecular weight excluding hydrogens is 366 g/mol. The molecule has 29 heavy (non-hydrogen) atoms. The number of benzene rings is 2. The molecule has 1 unspecified atom stereocenters. The second kappa shape index (κ2) is 8.90. The Hall–Kier alpha value is -3.15. The first-order chi connectivity index (χ1) is 13.8. The van der Waals surface area contributed by atoms with E-state index >= 15 is 0 Å². The van der Waals surface area contributed by atoms with Crippen LogP contribution in [0.25, 0.3) is 0 Å². The summed E-state index contributed by atoms with van der Waals surface area (Å²) >= 11 is 0. The van der Waals surface area contributed by atoms with Gasteiger partial charge in [0.2, 0.25) is 17.7 Å². The molecule has 0 spiro atoms. The van der Waals surface area contributed by atoms with Crippen molar-refractivity contribution < 1.29 is 14.4 Å². The first-order valence-electron chi connectivity index (χ1n) is 9.88. The van der Waals surface area contributed by atoms with E-state index < -0.39 is 0 Å². The predicted molar refractivity (Wildman–Crippen MR) is 113 cm³/mol. The van der Waals surface area contributed by atoms with E-state index in [0.717, 1.165) is 22.5 Å². The summed E-state index contributed by atoms with van der Waals surface area (Å²) in [4.78, 5) is 38.3. The van der Waals surface area contributed by atoms with E-state index in [2.05, 4.69) is 10.6 Å². The van der Waals surface area contributed by atoms with E-state index in [1.807, 2.05) is 69.3 Å². The summed E-state index contributed by atoms with van der Waals surface area (Å²) in [6.07, 6.45) is 0.222. The van der Waals surface area contributed by atoms with Crippen molar-refractivity contribution in [3.63, 3.8) is 0 Å². The van der Waals surface area contributed by atoms with Crippen molar-refractivity contribution in [2.45, 2.75) is 33.7 Å². The van der Waals surface area contributed by atoms with Crippen LogP contribution in [0.2, 0.25) is 0 Å². The lowest BCUT2D eigenvalue weighted by Gasteiger charge is -2.17. The fraction of sp³-hybridized carbons (Fsp3) is 0.348. The van der Waals surface area contributed by atoms with Gasteiger partial charge in [-0.05, 0) is 36.8 Å². The van der Waals surface area contributed by atoms with E-state index in [9.17, 15) is 14.4 Å². The summed E-state index contributed by atoms with van der Waals surface area (Å²) in [5.74, 6) is -0.615. The maximum absolute atomic E-state index is 12.5. The highest BCUT2D eigenvalue weighted by Gasteiger charge is 2.34. The minimum absolute atomic E-state index is 0.0285. The molecule has 1 aliphatic heterocycles. The van der Waals surface area contributed by atoms with Crippen molar-refractivity contribution in [2.75, 3.05) is 16.8 Å². The van der Waals surface area contributed by atoms with Crippen LogP contribution in [-0.4, -0.2) is 24.3 Å². The molecule has 2 aromatic carbocycles. The highest BCUT2D eigenvalue weighted by atomic mass is 16.2. The SMILES string of the molecule is Cc1ccc(N2CC(C(=O)NCc3ccc(NC(=O)C(C)C)cc3)CC2=O)cc1. The van der Waals surface area contributed by atoms with Crippen LogP contribution >= 0.6 is 0 Å². The summed E-state index contributed by atoms with van der Waals surface area (Å²) in [5.41, 5.74) is 3.62. The molecule has 2 N–H and O–H groups in total. The van der Waals surface area contributed by atoms with Crippen molar-refractivity contribution in [3.05, 3.63) is 59.7 Å². The highest BCUT2D eigenvalue weighted by molar-refractivity contribution is 6.00. The van der Waals surface area contributed by atoms with Crippen molar-refractivity contribution in [2.24, 2.45) is 11.8 Å². The number of aryl methyl sites for hydroxylation is 1. The molecule has 3 amide bonds. The zero-order valence-corrected chi connectivity index (χ0v) is 17.1. The number of rotatable bonds is 6. The molecule has 2 aromatic rings. The smallest absolute Gasteiger partial charge is 0.227 e. The molecule has 6 nitrogen and oxygen atoms in total. The molecule has 1 saturated heterocycles. The molecule has 1 aliphatic rings. The van der Waals surface area contributed by atoms with Crippen LogP contribution in [-0.2, 0) is 20.9 Å². The average molecular weight is 393 g/mol. The van der Waals surface area contributed by atoms with Crippen LogP contribution < -0.4 is 15.5 Å². The Kier molecular flexibility index (Phi) is 6.32. The van der Waals surface area contributed by atoms with E-state index in [4.69, 9.17) is 0 Å². The lowest BCUT2D eigenvalue weighted by Crippen LogP contribution is -2.32. The maximum Gasteiger partial charge on any atom is 0.227 e. The van der Waals surface area contributed by atoms with Gasteiger partial charge in [-0.25, -0.2) is 0 Å². The number of carbonyl (C=O) groups excluding carboxylic acids is 3. The zero-order valence-electron chi connectivity index (χ0n) is 17.1. The van der Waals surface area contributed by atoms with Crippen molar-refractivity contribution in [3.8, 4) is 0 Å². The van der Waals surface area contributed by atoms with Gasteiger partial charge in [0.05, 0.1) is 5.92 Å². The number of carbonyl (C=O) groups is 3. The summed E-state index contributed by atoms with van der Waals surface area (Å²) in [6.45, 7) is 6.46. The second-order valence-electron chi connectivity index (χ2n) is 7.80. The number of nitrogens with one attached hydrogen (secondary N) is 2. The van der Waals surface area contributed by atoms with Crippen LogP contribution in [0.4, 0.5) is 11.4 Å². The molecule has 1 heterocycles. The monoisotopic (exact) mass is 393 g/mol. The molecule has 1 atom stereocenters. The second-order valence-corrected chi connectivity index (χ2v) is 7.80. The van der Waals surface area contributed by atoms with Crippen LogP contribution in [0.3, 0.4) is 0 Å². The summed E-state index contributed by atoms with van der Waals surface area (Å²) in [7, 11) is 0. The van der Waals surface area contributed by atoms with Crippen molar-refractivity contribution in [1.29, 1.82) is 0 Å². The quantitative estimate of drug-likeness (QED) is 0.791. The lowest BCUT2D eigenvalue weighted by molar-refractivity contribution is -0.126. The fourth-order valence-electron chi connectivity index (χ4n) is 3.18. The van der Waals surface area contributed by atoms with Crippen molar-refractivity contribution >= 4 is 29.1 Å². The normalized spacial score (nSPS) is 16.2. The van der Waals surface area contributed by atoms with Crippen molar-refractivity contribution in [1.82, 2.24) is 5.32 Å². The number of nitrogens with zero attached hydrogens (tertiary/aromatic N) is 1. The Morgan fingerprint density at radius 3 is 2.34 bits per heavy atom. The van der Waals surface area contributed by atoms with E-state index in [1.165, 1.54) is 0 Å². The Labute approximate surface area is 171 Å². The molecule has 3 rings (SSSR count). The standard InChI is InChI=1S/C23H27N3O3/c1-15(2)22(28)25-19-8-6-17(7-9-19)13-24-23(29)18-12-21(27)26(14-18)20-10-4-16(3)5-11-20/h4-11,15,18H,12-14H2,1-3H3,(H,24,29)(H,25,28). The summed E-state index contributed by atoms with van der Waals surface area (Å²) in [6, 6.07) is 15.1. The summed E-state index contributed by atoms with van der Waals surface area (Å²) in [5, 5.41) is 5.75. The lowest BCUT2D eigenvalue weighted by atomic mass is 10.1. The van der Waals surface area contributed by atoms with E-state index in [0.29, 0.717) is 13.1 Å². The van der Waals surface area contributed by atoms with E-state index in [1.54, 1.807) is 4.90 Å². The summed E-state index contributed by atoms with van der Waals surface area (Å²) < 4.78 is 0. The van der Waals surface area contributed by atoms with Gasteiger partial charge >= 0.3 is 0 Å². The topological polar surface area (TPSA) is 78.5 Å². The van der Waals surface area contributed by atoms with Crippen LogP contribution in [0.5, 0.6) is 0 Å². The minimum atomic E-state index is -0.353. The first-order valence-corrected chi connectivity index (χ1v) is 9.88. The number of hydrogen-bond acceptors (Lipinski definition) is 3. The number of amides is 3. The highest BCUT2D eigenvalue weighted by Crippen LogP contribution is 2.25. The van der Waals surface area contributed by atoms with Gasteiger partial charge in [0.15, 0.2) is 0 Å². The van der Waals surface area contributed by atoms with Gasteiger partial charge < -0.3 is 15.5 Å². The van der Waals surface area contributed by atoms with Gasteiger partial charge in [0.1, 0.15) is 0 Å². The van der Waals surface area contributed by atoms with Crippen LogP contribution in [0.15, 0.2) is 48.5 Å². The van der Waals surface area contributed by atoms with Gasteiger partial charge in [-0.15, -0.1) is 0 Å². The third-order valence-corrected chi connectivity index (χ3v) is 5.05. The molecule has 1 fully saturated rings. The third-order valence-electron chi connectivity index (χ3n) is 5.05. The predicted octanol–water partition coefficient (Wildman–Crippen LogP) is 3.26. The molecule has 0 saturated carbocycles. The van der Waals surface area contributed by atoms with Gasteiger partial charge in [-0.2, -0.15) is 0 Å². The third kappa shape index (κ3) is 5.22. The van der Waals surface area contributed by atoms with Gasteiger partial charge in [0.25, 0.3) is 0 Å². The van der Waals surface area contributed by atoms with Crippen LogP contribution in [0.1, 0.15) is 31.4 Å². The first kappa shape index (κ1) is 20.6. The maximum atomic E-state index is 12.5. The zero-order chi connectivity index (χ0) is 21.0. The van der Waals surface area contributed by atoms with Gasteiger partial charge in [-0.3, -0.25) is 14.4 Å². The molecule has 0 radical (unpaired) electrons. The average Bonchev–Trinajstić information content (AvgIpc) is 3.09. The van der Waals surface area contributed by atoms with Gasteiger partial charge in [0, 0.05) is 36.8 Å². The van der Waals surface area contributed by atoms with E-state index in [-0.39, 0.29) is 36.0 Å². The number of hydrogen-bond donors (Lipinski definition) is 2. The Balaban J connectivity index is 1.52. The molecule has 152 valence electrons. The van der Waals surface area contributed by atoms with Crippen LogP contribution in [0, 0.1) is 18.8 Å². The molecule has 6 heteroatoms. The number of anilines is 2. The fourth-order valence-corrected chi connectivity index (χ4v) is 3.18. The molecular formula is C23H27N3O3. The minimum Gasteiger partial charge on any atom is -0.352 e. The Bertz CT molecular complexity index is 889. The van der Waals surface area contributed by atoms with Gasteiger partial charge in [-0.1, -0.05) is 43.7 Å². The molecule has 0 aromatic heterocycles. The Morgan fingerprint density at radius 2 is 1.72 bits per heavy atom. The Morgan fingerprint density at radius 1 is 1.07 bits per heavy atom.